The lowest BCUT2D eigenvalue weighted by molar-refractivity contribution is -0.380. The third-order valence-corrected chi connectivity index (χ3v) is 3.64. The van der Waals surface area contributed by atoms with Crippen LogP contribution in [-0.4, -0.2) is 11.5 Å². The first-order valence-corrected chi connectivity index (χ1v) is 6.65. The zero-order chi connectivity index (χ0) is 13.7. The molecule has 0 radical (unpaired) electrons. The summed E-state index contributed by atoms with van der Waals surface area (Å²) in [6.45, 7) is 1.29. The maximum atomic E-state index is 12.9. The number of halogens is 1. The summed E-state index contributed by atoms with van der Waals surface area (Å²) in [5.41, 5.74) is 0.935. The Hall–Kier alpha value is -1.79. The largest absolute Gasteiger partial charge is 0.324 e. The maximum Gasteiger partial charge on any atom is 0.324 e. The predicted octanol–water partition coefficient (Wildman–Crippen LogP) is 3.13. The Balaban J connectivity index is 1.76. The molecule has 1 aromatic carbocycles. The summed E-state index contributed by atoms with van der Waals surface area (Å²) < 4.78 is 12.9. The van der Waals surface area contributed by atoms with Crippen molar-refractivity contribution >= 4 is 16.3 Å². The molecule has 0 amide bonds. The first-order valence-electron chi connectivity index (χ1n) is 5.83. The second kappa shape index (κ2) is 6.40. The molecule has 0 saturated heterocycles. The van der Waals surface area contributed by atoms with E-state index in [4.69, 9.17) is 0 Å². The monoisotopic (exact) mass is 280 g/mol. The highest BCUT2D eigenvalue weighted by molar-refractivity contribution is 7.15. The van der Waals surface area contributed by atoms with Crippen LogP contribution in [0.25, 0.3) is 0 Å². The Morgan fingerprint density at radius 3 is 2.84 bits per heavy atom. The van der Waals surface area contributed by atoms with Crippen LogP contribution in [0.1, 0.15) is 10.4 Å². The van der Waals surface area contributed by atoms with Gasteiger partial charge in [0.1, 0.15) is 5.82 Å². The molecule has 0 saturated carbocycles. The highest BCUT2D eigenvalue weighted by atomic mass is 32.1. The van der Waals surface area contributed by atoms with Gasteiger partial charge < -0.3 is 5.32 Å². The van der Waals surface area contributed by atoms with E-state index in [1.54, 1.807) is 12.1 Å². The molecule has 0 unspecified atom stereocenters. The van der Waals surface area contributed by atoms with Gasteiger partial charge in [-0.1, -0.05) is 23.5 Å². The van der Waals surface area contributed by atoms with Crippen LogP contribution in [0.15, 0.2) is 36.4 Å². The molecular weight excluding hydrogens is 267 g/mol. The fourth-order valence-corrected chi connectivity index (χ4v) is 2.49. The summed E-state index contributed by atoms with van der Waals surface area (Å²) in [4.78, 5) is 11.1. The third-order valence-electron chi connectivity index (χ3n) is 2.61. The summed E-state index contributed by atoms with van der Waals surface area (Å²) in [7, 11) is 0. The molecule has 0 fully saturated rings. The number of hydrogen-bond acceptors (Lipinski definition) is 4. The molecule has 1 aromatic heterocycles. The van der Waals surface area contributed by atoms with Crippen LogP contribution < -0.4 is 5.32 Å². The van der Waals surface area contributed by atoms with Crippen molar-refractivity contribution < 1.29 is 9.31 Å². The number of thiophene rings is 1. The lowest BCUT2D eigenvalue weighted by atomic mass is 10.1. The van der Waals surface area contributed by atoms with Gasteiger partial charge in [-0.05, 0) is 36.7 Å². The third kappa shape index (κ3) is 4.11. The molecule has 0 spiro atoms. The molecule has 100 valence electrons. The van der Waals surface area contributed by atoms with Gasteiger partial charge in [0, 0.05) is 17.5 Å². The number of nitro groups is 1. The highest BCUT2D eigenvalue weighted by Gasteiger charge is 2.08. The van der Waals surface area contributed by atoms with Crippen molar-refractivity contribution in [3.05, 3.63) is 62.8 Å². The van der Waals surface area contributed by atoms with Gasteiger partial charge in [0.15, 0.2) is 0 Å². The molecule has 4 nitrogen and oxygen atoms in total. The van der Waals surface area contributed by atoms with Crippen molar-refractivity contribution in [2.45, 2.75) is 13.0 Å². The van der Waals surface area contributed by atoms with Crippen LogP contribution in [0.4, 0.5) is 9.39 Å². The van der Waals surface area contributed by atoms with Crippen LogP contribution in [0.2, 0.25) is 0 Å². The van der Waals surface area contributed by atoms with Crippen LogP contribution in [0.5, 0.6) is 0 Å². The van der Waals surface area contributed by atoms with E-state index in [9.17, 15) is 14.5 Å². The molecule has 19 heavy (non-hydrogen) atoms. The lowest BCUT2D eigenvalue weighted by Crippen LogP contribution is -2.15. The van der Waals surface area contributed by atoms with Gasteiger partial charge in [0.25, 0.3) is 0 Å². The molecular formula is C13H13FN2O2S. The van der Waals surface area contributed by atoms with E-state index in [1.165, 1.54) is 29.5 Å². The molecule has 1 N–H and O–H groups in total. The van der Waals surface area contributed by atoms with Gasteiger partial charge >= 0.3 is 5.00 Å². The molecule has 1 heterocycles. The van der Waals surface area contributed by atoms with E-state index >= 15 is 0 Å². The molecule has 0 aliphatic carbocycles. The quantitative estimate of drug-likeness (QED) is 0.502. The fraction of sp³-hybridized carbons (Fsp3) is 0.231. The number of nitrogens with zero attached hydrogens (tertiary/aromatic N) is 1. The summed E-state index contributed by atoms with van der Waals surface area (Å²) >= 11 is 1.17. The van der Waals surface area contributed by atoms with E-state index in [0.29, 0.717) is 13.1 Å². The van der Waals surface area contributed by atoms with Gasteiger partial charge in [-0.2, -0.15) is 0 Å². The minimum Gasteiger partial charge on any atom is -0.312 e. The average molecular weight is 280 g/mol. The maximum absolute atomic E-state index is 12.9. The molecule has 0 atom stereocenters. The minimum atomic E-state index is -0.388. The second-order valence-electron chi connectivity index (χ2n) is 4.05. The molecule has 0 aliphatic heterocycles. The van der Waals surface area contributed by atoms with E-state index in [1.807, 2.05) is 6.07 Å². The number of nitrogens with one attached hydrogen (secondary N) is 1. The Bertz CT molecular complexity index is 571. The topological polar surface area (TPSA) is 55.2 Å². The SMILES string of the molecule is O=[N+]([O-])c1ccc(CNCCc2cccc(F)c2)s1. The molecule has 2 aromatic rings. The first-order chi connectivity index (χ1) is 9.15. The normalized spacial score (nSPS) is 10.6. The molecule has 0 bridgehead atoms. The van der Waals surface area contributed by atoms with E-state index in [0.717, 1.165) is 16.9 Å². The van der Waals surface area contributed by atoms with Gasteiger partial charge in [0.2, 0.25) is 0 Å². The van der Waals surface area contributed by atoms with Gasteiger partial charge in [-0.25, -0.2) is 4.39 Å². The van der Waals surface area contributed by atoms with Crippen LogP contribution in [0.3, 0.4) is 0 Å². The first kappa shape index (κ1) is 13.6. The zero-order valence-electron chi connectivity index (χ0n) is 10.1. The van der Waals surface area contributed by atoms with Crippen molar-refractivity contribution in [1.82, 2.24) is 5.32 Å². The van der Waals surface area contributed by atoms with Gasteiger partial charge in [-0.15, -0.1) is 0 Å². The number of rotatable bonds is 6. The van der Waals surface area contributed by atoms with Gasteiger partial charge in [-0.3, -0.25) is 10.1 Å². The second-order valence-corrected chi connectivity index (χ2v) is 5.20. The molecule has 0 aliphatic rings. The molecule has 2 rings (SSSR count). The Morgan fingerprint density at radius 1 is 1.32 bits per heavy atom. The lowest BCUT2D eigenvalue weighted by Gasteiger charge is -2.03. The molecule has 6 heteroatoms. The standard InChI is InChI=1S/C13H13FN2O2S/c14-11-3-1-2-10(8-11)6-7-15-9-12-4-5-13(19-12)16(17)18/h1-5,8,15H,6-7,9H2. The highest BCUT2D eigenvalue weighted by Crippen LogP contribution is 2.23. The number of benzene rings is 1. The zero-order valence-corrected chi connectivity index (χ0v) is 11.0. The summed E-state index contributed by atoms with van der Waals surface area (Å²) in [5.74, 6) is -0.230. The summed E-state index contributed by atoms with van der Waals surface area (Å²) in [6, 6.07) is 9.75. The van der Waals surface area contributed by atoms with Crippen LogP contribution >= 0.6 is 11.3 Å². The minimum absolute atomic E-state index is 0.155. The smallest absolute Gasteiger partial charge is 0.312 e. The Labute approximate surface area is 114 Å². The van der Waals surface area contributed by atoms with Crippen molar-refractivity contribution in [2.75, 3.05) is 6.54 Å². The van der Waals surface area contributed by atoms with Crippen LogP contribution in [-0.2, 0) is 13.0 Å². The average Bonchev–Trinajstić information content (AvgIpc) is 2.84. The fourth-order valence-electron chi connectivity index (χ4n) is 1.70. The van der Waals surface area contributed by atoms with E-state index in [2.05, 4.69) is 5.32 Å². The van der Waals surface area contributed by atoms with Gasteiger partial charge in [0.05, 0.1) is 4.92 Å². The van der Waals surface area contributed by atoms with E-state index < -0.39 is 0 Å². The van der Waals surface area contributed by atoms with Crippen molar-refractivity contribution in [3.63, 3.8) is 0 Å². The predicted molar refractivity (Wildman–Crippen MR) is 72.8 cm³/mol. The summed E-state index contributed by atoms with van der Waals surface area (Å²) in [6.07, 6.45) is 0.727. The van der Waals surface area contributed by atoms with E-state index in [-0.39, 0.29) is 15.7 Å². The number of hydrogen-bond donors (Lipinski definition) is 1. The summed E-state index contributed by atoms with van der Waals surface area (Å²) in [5, 5.41) is 13.9. The Morgan fingerprint density at radius 2 is 2.16 bits per heavy atom. The van der Waals surface area contributed by atoms with Crippen molar-refractivity contribution in [2.24, 2.45) is 0 Å². The van der Waals surface area contributed by atoms with Crippen molar-refractivity contribution in [3.8, 4) is 0 Å². The van der Waals surface area contributed by atoms with Crippen LogP contribution in [0, 0.1) is 15.9 Å². The Kier molecular flexibility index (Phi) is 4.59. The van der Waals surface area contributed by atoms with Crippen molar-refractivity contribution in [1.29, 1.82) is 0 Å².